The lowest BCUT2D eigenvalue weighted by Crippen LogP contribution is -2.45. The molecule has 2 fully saturated rings. The number of rotatable bonds is 7. The molecule has 0 spiro atoms. The molecule has 2 saturated carbocycles. The van der Waals surface area contributed by atoms with Crippen molar-refractivity contribution < 1.29 is 0 Å². The summed E-state index contributed by atoms with van der Waals surface area (Å²) in [5, 5.41) is 1.72. The molecule has 2 aliphatic carbocycles. The zero-order valence-corrected chi connectivity index (χ0v) is 23.6. The van der Waals surface area contributed by atoms with Crippen molar-refractivity contribution in [3.8, 4) is 11.1 Å². The summed E-state index contributed by atoms with van der Waals surface area (Å²) >= 11 is 0. The van der Waals surface area contributed by atoms with Crippen molar-refractivity contribution in [3.05, 3.63) is 54.6 Å². The van der Waals surface area contributed by atoms with Crippen LogP contribution < -0.4 is 5.30 Å². The van der Waals surface area contributed by atoms with Gasteiger partial charge in [0.15, 0.2) is 0 Å². The van der Waals surface area contributed by atoms with Gasteiger partial charge in [-0.15, -0.1) is 0 Å². The zero-order chi connectivity index (χ0) is 24.2. The van der Waals surface area contributed by atoms with Gasteiger partial charge in [0.1, 0.15) is 0 Å². The minimum absolute atomic E-state index is 0.218. The van der Waals surface area contributed by atoms with E-state index in [1.54, 1.807) is 5.30 Å². The molecule has 0 amide bonds. The molecule has 3 atom stereocenters. The SMILES string of the molecule is CC(C)C1CC(C(C)C)C([P@](c2ccccc2-c2ccccc2)C2CCCCC2)C(C(C)C)C1. The van der Waals surface area contributed by atoms with Crippen LogP contribution in [0.4, 0.5) is 0 Å². The molecule has 1 heteroatoms. The van der Waals surface area contributed by atoms with Crippen LogP contribution in [-0.4, -0.2) is 11.3 Å². The van der Waals surface area contributed by atoms with Crippen LogP contribution >= 0.6 is 7.92 Å². The maximum Gasteiger partial charge on any atom is -0.0104 e. The Morgan fingerprint density at radius 2 is 1.21 bits per heavy atom. The molecule has 0 bridgehead atoms. The molecule has 2 aliphatic rings. The Morgan fingerprint density at radius 1 is 0.647 bits per heavy atom. The molecule has 0 aliphatic heterocycles. The Hall–Kier alpha value is -1.13. The highest BCUT2D eigenvalue weighted by Crippen LogP contribution is 2.62. The highest BCUT2D eigenvalue weighted by atomic mass is 31.1. The maximum atomic E-state index is 2.55. The van der Waals surface area contributed by atoms with E-state index in [1.807, 2.05) is 0 Å². The molecular formula is C33H49P. The third kappa shape index (κ3) is 5.64. The Balaban J connectivity index is 1.86. The van der Waals surface area contributed by atoms with Gasteiger partial charge in [0.05, 0.1) is 0 Å². The fourth-order valence-electron chi connectivity index (χ4n) is 7.20. The Bertz CT molecular complexity index is 858. The standard InChI is InChI=1S/C33H49P/c1-23(2)27-21-30(24(3)4)33(31(22-27)25(5)6)34(28-17-11-8-12-18-28)32-20-14-13-19-29(32)26-15-9-7-10-16-26/h7,9-10,13-16,19-20,23-25,27-28,30-31,33H,8,11-12,17-18,21-22H2,1-6H3/t27?,30?,31?,33?,34-/m0/s1. The van der Waals surface area contributed by atoms with E-state index in [9.17, 15) is 0 Å². The predicted octanol–water partition coefficient (Wildman–Crippen LogP) is 9.77. The summed E-state index contributed by atoms with van der Waals surface area (Å²) in [4.78, 5) is 0. The second-order valence-corrected chi connectivity index (χ2v) is 15.0. The number of hydrogen-bond acceptors (Lipinski definition) is 0. The molecule has 0 saturated heterocycles. The molecule has 4 rings (SSSR count). The first-order valence-corrected chi connectivity index (χ1v) is 15.8. The Morgan fingerprint density at radius 3 is 1.76 bits per heavy atom. The summed E-state index contributed by atoms with van der Waals surface area (Å²) in [7, 11) is -0.218. The predicted molar refractivity (Wildman–Crippen MR) is 153 cm³/mol. The normalized spacial score (nSPS) is 27.4. The average molecular weight is 477 g/mol. The topological polar surface area (TPSA) is 0 Å². The second-order valence-electron chi connectivity index (χ2n) is 12.4. The highest BCUT2D eigenvalue weighted by molar-refractivity contribution is 7.67. The van der Waals surface area contributed by atoms with Crippen LogP contribution in [0.5, 0.6) is 0 Å². The van der Waals surface area contributed by atoms with Crippen LogP contribution in [0.25, 0.3) is 11.1 Å². The van der Waals surface area contributed by atoms with Gasteiger partial charge in [0.25, 0.3) is 0 Å². The molecule has 0 aromatic heterocycles. The molecule has 186 valence electrons. The van der Waals surface area contributed by atoms with Gasteiger partial charge in [0.2, 0.25) is 0 Å². The third-order valence-electron chi connectivity index (χ3n) is 9.24. The molecular weight excluding hydrogens is 427 g/mol. The van der Waals surface area contributed by atoms with Crippen molar-refractivity contribution in [2.45, 2.75) is 97.8 Å². The monoisotopic (exact) mass is 476 g/mol. The van der Waals surface area contributed by atoms with Crippen LogP contribution in [-0.2, 0) is 0 Å². The molecule has 0 N–H and O–H groups in total. The van der Waals surface area contributed by atoms with E-state index in [0.717, 1.165) is 46.8 Å². The second kappa shape index (κ2) is 11.7. The third-order valence-corrected chi connectivity index (χ3v) is 12.9. The van der Waals surface area contributed by atoms with Crippen molar-refractivity contribution in [3.63, 3.8) is 0 Å². The van der Waals surface area contributed by atoms with Crippen molar-refractivity contribution in [2.24, 2.45) is 35.5 Å². The summed E-state index contributed by atoms with van der Waals surface area (Å²) in [5.74, 6) is 4.94. The van der Waals surface area contributed by atoms with Gasteiger partial charge in [-0.25, -0.2) is 0 Å². The fourth-order valence-corrected chi connectivity index (χ4v) is 11.8. The lowest BCUT2D eigenvalue weighted by molar-refractivity contribution is 0.108. The van der Waals surface area contributed by atoms with E-state index < -0.39 is 0 Å². The van der Waals surface area contributed by atoms with E-state index in [-0.39, 0.29) is 7.92 Å². The van der Waals surface area contributed by atoms with Crippen molar-refractivity contribution >= 4 is 13.2 Å². The lowest BCUT2D eigenvalue weighted by Gasteiger charge is -2.52. The molecule has 0 heterocycles. The van der Waals surface area contributed by atoms with Crippen LogP contribution in [0.2, 0.25) is 0 Å². The Labute approximate surface area is 212 Å². The number of benzene rings is 2. The first-order valence-electron chi connectivity index (χ1n) is 14.3. The van der Waals surface area contributed by atoms with Crippen molar-refractivity contribution in [2.75, 3.05) is 0 Å². The van der Waals surface area contributed by atoms with E-state index >= 15 is 0 Å². The van der Waals surface area contributed by atoms with Gasteiger partial charge in [-0.2, -0.15) is 0 Å². The average Bonchev–Trinajstić information content (AvgIpc) is 2.85. The van der Waals surface area contributed by atoms with E-state index in [2.05, 4.69) is 96.1 Å². The minimum atomic E-state index is -0.218. The van der Waals surface area contributed by atoms with Crippen molar-refractivity contribution in [1.29, 1.82) is 0 Å². The molecule has 2 aromatic rings. The summed E-state index contributed by atoms with van der Waals surface area (Å²) in [5.41, 5.74) is 4.70. The smallest absolute Gasteiger partial charge is 0.0104 e. The molecule has 34 heavy (non-hydrogen) atoms. The fraction of sp³-hybridized carbons (Fsp3) is 0.636. The van der Waals surface area contributed by atoms with Crippen LogP contribution in [0.3, 0.4) is 0 Å². The molecule has 0 nitrogen and oxygen atoms in total. The van der Waals surface area contributed by atoms with E-state index in [0.29, 0.717) is 0 Å². The zero-order valence-electron chi connectivity index (χ0n) is 22.7. The number of hydrogen-bond donors (Lipinski definition) is 0. The highest BCUT2D eigenvalue weighted by Gasteiger charge is 2.47. The van der Waals surface area contributed by atoms with E-state index in [4.69, 9.17) is 0 Å². The molecule has 0 radical (unpaired) electrons. The quantitative estimate of drug-likeness (QED) is 0.349. The van der Waals surface area contributed by atoms with Gasteiger partial charge in [-0.1, -0.05) is 123 Å². The molecule has 2 unspecified atom stereocenters. The lowest BCUT2D eigenvalue weighted by atomic mass is 9.65. The first kappa shape index (κ1) is 25.9. The van der Waals surface area contributed by atoms with Gasteiger partial charge < -0.3 is 0 Å². The van der Waals surface area contributed by atoms with Crippen LogP contribution in [0.15, 0.2) is 54.6 Å². The summed E-state index contributed by atoms with van der Waals surface area (Å²) < 4.78 is 0. The maximum absolute atomic E-state index is 2.55. The summed E-state index contributed by atoms with van der Waals surface area (Å²) in [6.07, 6.45) is 10.1. The Kier molecular flexibility index (Phi) is 8.96. The van der Waals surface area contributed by atoms with Crippen LogP contribution in [0, 0.1) is 35.5 Å². The first-order chi connectivity index (χ1) is 16.4. The summed E-state index contributed by atoms with van der Waals surface area (Å²) in [6.45, 7) is 15.1. The summed E-state index contributed by atoms with van der Waals surface area (Å²) in [6, 6.07) is 20.9. The van der Waals surface area contributed by atoms with Gasteiger partial charge in [-0.3, -0.25) is 0 Å². The largest absolute Gasteiger partial charge is 0.0677 e. The van der Waals surface area contributed by atoms with Gasteiger partial charge in [0, 0.05) is 0 Å². The van der Waals surface area contributed by atoms with Crippen LogP contribution in [0.1, 0.15) is 86.5 Å². The molecule has 2 aromatic carbocycles. The van der Waals surface area contributed by atoms with Gasteiger partial charge in [-0.05, 0) is 88.9 Å². The minimum Gasteiger partial charge on any atom is -0.0677 e. The van der Waals surface area contributed by atoms with E-state index in [1.165, 1.54) is 56.1 Å². The van der Waals surface area contributed by atoms with Gasteiger partial charge >= 0.3 is 0 Å². The van der Waals surface area contributed by atoms with Crippen molar-refractivity contribution in [1.82, 2.24) is 0 Å².